The molecule has 5 saturated heterocycles. The van der Waals surface area contributed by atoms with Gasteiger partial charge in [-0.2, -0.15) is 0 Å². The van der Waals surface area contributed by atoms with Crippen LogP contribution in [0.1, 0.15) is 160 Å². The van der Waals surface area contributed by atoms with Crippen molar-refractivity contribution in [3.63, 3.8) is 0 Å². The van der Waals surface area contributed by atoms with Crippen LogP contribution in [0.15, 0.2) is 0 Å². The smallest absolute Gasteiger partial charge is 0.0629 e. The first-order valence-corrected chi connectivity index (χ1v) is 26.7. The van der Waals surface area contributed by atoms with E-state index in [9.17, 15) is 0 Å². The quantitative estimate of drug-likeness (QED) is 0.131. The Balaban J connectivity index is 1.02. The maximum Gasteiger partial charge on any atom is 0.0629 e. The van der Waals surface area contributed by atoms with Crippen molar-refractivity contribution in [1.29, 1.82) is 0 Å². The van der Waals surface area contributed by atoms with Gasteiger partial charge in [0, 0.05) is 0 Å². The fourth-order valence-electron chi connectivity index (χ4n) is 13.9. The largest absolute Gasteiger partial charge is 0.378 e. The van der Waals surface area contributed by atoms with Crippen molar-refractivity contribution in [3.05, 3.63) is 0 Å². The highest BCUT2D eigenvalue weighted by Gasteiger charge is 2.56. The van der Waals surface area contributed by atoms with Gasteiger partial charge in [-0.15, -0.1) is 0 Å². The van der Waals surface area contributed by atoms with E-state index in [4.69, 9.17) is 18.9 Å². The van der Waals surface area contributed by atoms with Gasteiger partial charge in [0.25, 0.3) is 0 Å². The second kappa shape index (κ2) is 19.0. The summed E-state index contributed by atoms with van der Waals surface area (Å²) < 4.78 is 27.0. The van der Waals surface area contributed by atoms with Crippen LogP contribution in [0.3, 0.4) is 0 Å². The van der Waals surface area contributed by atoms with Crippen LogP contribution in [0.25, 0.3) is 0 Å². The van der Waals surface area contributed by atoms with Gasteiger partial charge in [0.1, 0.15) is 0 Å². The summed E-state index contributed by atoms with van der Waals surface area (Å²) in [5.41, 5.74) is 0.642. The maximum atomic E-state index is 6.74. The summed E-state index contributed by atoms with van der Waals surface area (Å²) in [5, 5.41) is 34.6. The summed E-state index contributed by atoms with van der Waals surface area (Å²) >= 11 is 0. The molecule has 5 heterocycles. The number of rotatable bonds is 8. The monoisotopic (exact) mass is 897 g/mol. The zero-order valence-electron chi connectivity index (χ0n) is 42.5. The van der Waals surface area contributed by atoms with Crippen LogP contribution in [0.2, 0.25) is 0 Å². The normalized spacial score (nSPS) is 46.3. The zero-order chi connectivity index (χ0) is 45.3. The van der Waals surface area contributed by atoms with E-state index >= 15 is 0 Å². The molecule has 5 aliphatic heterocycles. The lowest BCUT2D eigenvalue weighted by Gasteiger charge is -2.40. The van der Waals surface area contributed by atoms with Crippen molar-refractivity contribution < 1.29 is 18.9 Å². The molecule has 12 unspecified atom stereocenters. The van der Waals surface area contributed by atoms with Crippen LogP contribution < -0.4 is 42.5 Å². The van der Waals surface area contributed by atoms with E-state index in [-0.39, 0.29) is 71.0 Å². The molecule has 12 heteroatoms. The molecule has 0 spiro atoms. The van der Waals surface area contributed by atoms with Crippen molar-refractivity contribution in [2.24, 2.45) is 69.0 Å². The Morgan fingerprint density at radius 1 is 0.266 bits per heavy atom. The lowest BCUT2D eigenvalue weighted by Crippen LogP contribution is -2.61. The second-order valence-electron chi connectivity index (χ2n) is 27.7. The van der Waals surface area contributed by atoms with Gasteiger partial charge in [-0.1, -0.05) is 83.1 Å². The summed E-state index contributed by atoms with van der Waals surface area (Å²) in [4.78, 5) is 0. The Kier molecular flexibility index (Phi) is 14.4. The minimum absolute atomic E-state index is 0.161. The lowest BCUT2D eigenvalue weighted by molar-refractivity contribution is -0.0401. The predicted octanol–water partition coefficient (Wildman–Crippen LogP) is 6.77. The Hall–Kier alpha value is -0.480. The fraction of sp³-hybridized carbons (Fsp3) is 1.00. The zero-order valence-corrected chi connectivity index (χ0v) is 42.5. The summed E-state index contributed by atoms with van der Waals surface area (Å²) in [6.07, 6.45) is 16.5. The van der Waals surface area contributed by atoms with E-state index in [0.717, 1.165) is 77.8 Å². The molecule has 0 aromatic carbocycles. The molecule has 0 aromatic heterocycles. The molecule has 4 saturated carbocycles. The fourth-order valence-corrected chi connectivity index (χ4v) is 13.9. The van der Waals surface area contributed by atoms with Crippen molar-refractivity contribution in [2.75, 3.05) is 26.4 Å². The Morgan fingerprint density at radius 3 is 0.609 bits per heavy atom. The van der Waals surface area contributed by atoms with Crippen molar-refractivity contribution >= 4 is 0 Å². The number of fused-ring (bicyclic) bond motifs is 20. The SMILES string of the molecule is CC(C)(C)COC1CCC2C3NC(NC4NC(NC5NC(NC6NC(N3)C3CC(OCC(C)(C)C)CCC63)C3CC(OCC(C)(C)C)CCC53)C3CC(OCC(C)(C)C)CCC43)C2C1. The first-order chi connectivity index (χ1) is 30.1. The van der Waals surface area contributed by atoms with E-state index in [1.165, 1.54) is 25.7 Å². The minimum Gasteiger partial charge on any atom is -0.378 e. The van der Waals surface area contributed by atoms with Gasteiger partial charge in [0.05, 0.1) is 100 Å². The first kappa shape index (κ1) is 48.5. The van der Waals surface area contributed by atoms with E-state index in [1.807, 2.05) is 0 Å². The topological polar surface area (TPSA) is 133 Å². The lowest BCUT2D eigenvalue weighted by atomic mass is 9.75. The van der Waals surface area contributed by atoms with Crippen LogP contribution >= 0.6 is 0 Å². The molecule has 9 fully saturated rings. The molecule has 64 heavy (non-hydrogen) atoms. The molecule has 8 bridgehead atoms. The van der Waals surface area contributed by atoms with Gasteiger partial charge < -0.3 is 18.9 Å². The second-order valence-corrected chi connectivity index (χ2v) is 27.7. The predicted molar refractivity (Wildman–Crippen MR) is 255 cm³/mol. The third-order valence-electron chi connectivity index (χ3n) is 16.9. The number of nitrogens with one attached hydrogen (secondary N) is 8. The van der Waals surface area contributed by atoms with Crippen molar-refractivity contribution in [1.82, 2.24) is 42.5 Å². The van der Waals surface area contributed by atoms with Gasteiger partial charge in [-0.05, 0) is 146 Å². The molecule has 4 aliphatic carbocycles. The van der Waals surface area contributed by atoms with Gasteiger partial charge in [-0.3, -0.25) is 42.5 Å². The molecular formula is C52H96N8O4. The van der Waals surface area contributed by atoms with Gasteiger partial charge >= 0.3 is 0 Å². The molecule has 0 amide bonds. The number of hydrogen-bond acceptors (Lipinski definition) is 12. The van der Waals surface area contributed by atoms with E-state index < -0.39 is 0 Å². The highest BCUT2D eigenvalue weighted by Crippen LogP contribution is 2.47. The molecule has 12 nitrogen and oxygen atoms in total. The van der Waals surface area contributed by atoms with Crippen molar-refractivity contribution in [3.8, 4) is 0 Å². The minimum atomic E-state index is 0.161. The van der Waals surface area contributed by atoms with Crippen LogP contribution in [-0.2, 0) is 18.9 Å². The molecule has 8 N–H and O–H groups in total. The average molecular weight is 897 g/mol. The van der Waals surface area contributed by atoms with Gasteiger partial charge in [0.2, 0.25) is 0 Å². The van der Waals surface area contributed by atoms with Crippen molar-refractivity contribution in [2.45, 2.75) is 234 Å². The van der Waals surface area contributed by atoms with Crippen LogP contribution in [-0.4, -0.2) is 100 Å². The third-order valence-corrected chi connectivity index (χ3v) is 16.9. The summed E-state index contributed by atoms with van der Waals surface area (Å²) in [5.74, 6) is 4.07. The van der Waals surface area contributed by atoms with E-state index in [0.29, 0.717) is 71.8 Å². The Bertz CT molecular complexity index is 1320. The first-order valence-electron chi connectivity index (χ1n) is 26.7. The van der Waals surface area contributed by atoms with E-state index in [2.05, 4.69) is 126 Å². The van der Waals surface area contributed by atoms with E-state index in [1.54, 1.807) is 0 Å². The molecule has 0 aromatic rings. The summed E-state index contributed by atoms with van der Waals surface area (Å²) in [6.45, 7) is 30.9. The van der Waals surface area contributed by atoms with Crippen LogP contribution in [0.5, 0.6) is 0 Å². The van der Waals surface area contributed by atoms with Crippen LogP contribution in [0.4, 0.5) is 0 Å². The molecular weight excluding hydrogens is 801 g/mol. The number of hydrogen-bond donors (Lipinski definition) is 8. The maximum absolute atomic E-state index is 6.74. The molecule has 0 radical (unpaired) electrons. The summed E-state index contributed by atoms with van der Waals surface area (Å²) in [6, 6.07) is 0. The molecule has 9 rings (SSSR count). The highest BCUT2D eigenvalue weighted by atomic mass is 16.5. The molecule has 368 valence electrons. The van der Waals surface area contributed by atoms with Gasteiger partial charge in [0.15, 0.2) is 0 Å². The molecule has 12 atom stereocenters. The Labute approximate surface area is 389 Å². The van der Waals surface area contributed by atoms with Crippen LogP contribution in [0, 0.1) is 69.0 Å². The third kappa shape index (κ3) is 11.6. The highest BCUT2D eigenvalue weighted by molar-refractivity contribution is 5.10. The summed E-state index contributed by atoms with van der Waals surface area (Å²) in [7, 11) is 0. The molecule has 9 aliphatic rings. The average Bonchev–Trinajstić information content (AvgIpc) is 3.94. The number of ether oxygens (including phenoxy) is 4. The van der Waals surface area contributed by atoms with Gasteiger partial charge in [-0.25, -0.2) is 0 Å². The Morgan fingerprint density at radius 2 is 0.438 bits per heavy atom. The standard InChI is InChI=1S/C52H96N8O4/c1-49(2,3)25-61-29-13-17-33-37(21-29)45-53-41(33)58-46-39-23-31(63-27-51(7,8)9)15-19-35(39)43(55-46)60-48-40-24-32(64-28-52(10,11)12)16-20-36(40)44(56-48)59-47-38-22-30(62-26-50(4,5)6)14-18-34(38)42(54-47)57-45/h29-48,53-60H,13-28H2,1-12H3.